The number of rotatable bonds is 3. The zero-order valence-electron chi connectivity index (χ0n) is 13.0. The summed E-state index contributed by atoms with van der Waals surface area (Å²) in [6.45, 7) is 7.29. The van der Waals surface area contributed by atoms with Gasteiger partial charge in [0, 0.05) is 30.6 Å². The molecule has 1 aliphatic heterocycles. The summed E-state index contributed by atoms with van der Waals surface area (Å²) in [5.74, 6) is -0.270. The number of nitrogens with two attached hydrogens (primary N) is 1. The Kier molecular flexibility index (Phi) is 4.70. The molecule has 0 aromatic heterocycles. The van der Waals surface area contributed by atoms with Crippen LogP contribution in [0.3, 0.4) is 0 Å². The van der Waals surface area contributed by atoms with Gasteiger partial charge in [-0.2, -0.15) is 0 Å². The van der Waals surface area contributed by atoms with E-state index in [0.29, 0.717) is 25.3 Å². The summed E-state index contributed by atoms with van der Waals surface area (Å²) in [4.78, 5) is 13.4. The molecule has 22 heavy (non-hydrogen) atoms. The van der Waals surface area contributed by atoms with Crippen molar-refractivity contribution in [3.8, 4) is 0 Å². The second-order valence-electron chi connectivity index (χ2n) is 6.48. The number of nitrogen functional groups attached to an aromatic ring is 1. The van der Waals surface area contributed by atoms with Gasteiger partial charge in [-0.1, -0.05) is 11.6 Å². The van der Waals surface area contributed by atoms with Gasteiger partial charge in [-0.05, 0) is 32.9 Å². The zero-order valence-corrected chi connectivity index (χ0v) is 13.7. The molecule has 3 N–H and O–H groups in total. The predicted octanol–water partition coefficient (Wildman–Crippen LogP) is 3.34. The number of nitrogens with one attached hydrogen (secondary N) is 1. The van der Waals surface area contributed by atoms with E-state index < -0.39 is 11.4 Å². The molecule has 0 aliphatic carbocycles. The molecule has 0 radical (unpaired) electrons. The molecule has 1 amide bonds. The van der Waals surface area contributed by atoms with Gasteiger partial charge in [-0.25, -0.2) is 9.18 Å². The second-order valence-corrected chi connectivity index (χ2v) is 6.92. The van der Waals surface area contributed by atoms with Crippen molar-refractivity contribution in [2.45, 2.75) is 26.4 Å². The third-order valence-corrected chi connectivity index (χ3v) is 3.50. The first kappa shape index (κ1) is 16.7. The largest absolute Gasteiger partial charge is 0.444 e. The Hall–Kier alpha value is -1.69. The van der Waals surface area contributed by atoms with Gasteiger partial charge in [-0.15, -0.1) is 0 Å². The first-order valence-corrected chi connectivity index (χ1v) is 7.50. The quantitative estimate of drug-likeness (QED) is 0.835. The first-order chi connectivity index (χ1) is 10.2. The minimum Gasteiger partial charge on any atom is -0.444 e. The van der Waals surface area contributed by atoms with E-state index in [9.17, 15) is 9.18 Å². The molecule has 0 unspecified atom stereocenters. The Bertz CT molecular complexity index is 569. The highest BCUT2D eigenvalue weighted by atomic mass is 35.5. The molecule has 122 valence electrons. The Balaban J connectivity index is 1.81. The lowest BCUT2D eigenvalue weighted by Gasteiger charge is -2.40. The molecular weight excluding hydrogens is 309 g/mol. The molecule has 0 atom stereocenters. The van der Waals surface area contributed by atoms with Gasteiger partial charge in [0.1, 0.15) is 11.4 Å². The normalized spacial score (nSPS) is 15.4. The Morgan fingerprint density at radius 3 is 2.73 bits per heavy atom. The smallest absolute Gasteiger partial charge is 0.410 e. The van der Waals surface area contributed by atoms with Gasteiger partial charge in [0.15, 0.2) is 0 Å². The number of hydrogen-bond acceptors (Lipinski definition) is 4. The van der Waals surface area contributed by atoms with Crippen LogP contribution in [0.15, 0.2) is 12.1 Å². The fraction of sp³-hybridized carbons (Fsp3) is 0.533. The van der Waals surface area contributed by atoms with Crippen LogP contribution in [-0.2, 0) is 4.74 Å². The molecule has 1 aliphatic rings. The standard InChI is InChI=1S/C15H21ClFN3O2/c1-15(2,3)22-14(21)20-7-9(8-20)6-19-12-5-10(16)4-11(17)13(12)18/h4-5,9,19H,6-8,18H2,1-3H3. The van der Waals surface area contributed by atoms with Crippen LogP contribution in [-0.4, -0.2) is 36.2 Å². The van der Waals surface area contributed by atoms with Crippen LogP contribution in [0.2, 0.25) is 5.02 Å². The van der Waals surface area contributed by atoms with Crippen LogP contribution >= 0.6 is 11.6 Å². The molecule has 1 saturated heterocycles. The average Bonchev–Trinajstić information content (AvgIpc) is 2.30. The highest BCUT2D eigenvalue weighted by molar-refractivity contribution is 6.31. The zero-order chi connectivity index (χ0) is 16.5. The minimum atomic E-state index is -0.543. The van der Waals surface area contributed by atoms with E-state index in [1.54, 1.807) is 11.0 Å². The fourth-order valence-corrected chi connectivity index (χ4v) is 2.36. The summed E-state index contributed by atoms with van der Waals surface area (Å²) < 4.78 is 18.7. The van der Waals surface area contributed by atoms with Crippen LogP contribution in [0.1, 0.15) is 20.8 Å². The lowest BCUT2D eigenvalue weighted by molar-refractivity contribution is 0.000847. The van der Waals surface area contributed by atoms with Gasteiger partial charge in [0.05, 0.1) is 11.4 Å². The van der Waals surface area contributed by atoms with Crippen LogP contribution in [0, 0.1) is 11.7 Å². The lowest BCUT2D eigenvalue weighted by atomic mass is 10.0. The Morgan fingerprint density at radius 2 is 2.14 bits per heavy atom. The SMILES string of the molecule is CC(C)(C)OC(=O)N1CC(CNc2cc(Cl)cc(F)c2N)C1. The van der Waals surface area contributed by atoms with Crippen molar-refractivity contribution in [1.82, 2.24) is 4.90 Å². The van der Waals surface area contributed by atoms with Gasteiger partial charge in [0.2, 0.25) is 0 Å². The van der Waals surface area contributed by atoms with Crippen LogP contribution in [0.5, 0.6) is 0 Å². The lowest BCUT2D eigenvalue weighted by Crippen LogP contribution is -2.53. The monoisotopic (exact) mass is 329 g/mol. The highest BCUT2D eigenvalue weighted by Gasteiger charge is 2.33. The molecule has 7 heteroatoms. The van der Waals surface area contributed by atoms with Crippen molar-refractivity contribution in [3.05, 3.63) is 23.0 Å². The van der Waals surface area contributed by atoms with Gasteiger partial charge in [0.25, 0.3) is 0 Å². The Morgan fingerprint density at radius 1 is 1.50 bits per heavy atom. The molecule has 0 spiro atoms. The number of likely N-dealkylation sites (tertiary alicyclic amines) is 1. The number of anilines is 2. The van der Waals surface area contributed by atoms with Crippen LogP contribution in [0.4, 0.5) is 20.6 Å². The summed E-state index contributed by atoms with van der Waals surface area (Å²) in [6, 6.07) is 2.76. The van der Waals surface area contributed by atoms with E-state index in [4.69, 9.17) is 22.1 Å². The van der Waals surface area contributed by atoms with E-state index in [0.717, 1.165) is 0 Å². The van der Waals surface area contributed by atoms with Crippen molar-refractivity contribution in [1.29, 1.82) is 0 Å². The number of amides is 1. The fourth-order valence-electron chi connectivity index (χ4n) is 2.16. The second kappa shape index (κ2) is 6.20. The molecule has 0 bridgehead atoms. The van der Waals surface area contributed by atoms with E-state index in [2.05, 4.69) is 5.32 Å². The van der Waals surface area contributed by atoms with Gasteiger partial charge < -0.3 is 20.7 Å². The maximum atomic E-state index is 13.5. The summed E-state index contributed by atoms with van der Waals surface area (Å²) in [6.07, 6.45) is -0.308. The number of hydrogen-bond donors (Lipinski definition) is 2. The van der Waals surface area contributed by atoms with Gasteiger partial charge in [-0.3, -0.25) is 0 Å². The summed E-state index contributed by atoms with van der Waals surface area (Å²) in [5.41, 5.74) is 5.69. The van der Waals surface area contributed by atoms with E-state index in [1.165, 1.54) is 6.07 Å². The van der Waals surface area contributed by atoms with Crippen molar-refractivity contribution < 1.29 is 13.9 Å². The van der Waals surface area contributed by atoms with Crippen molar-refractivity contribution in [2.24, 2.45) is 5.92 Å². The molecular formula is C15H21ClFN3O2. The van der Waals surface area contributed by atoms with Crippen LogP contribution in [0.25, 0.3) is 0 Å². The Labute approximate surface area is 134 Å². The molecule has 1 aromatic rings. The maximum absolute atomic E-state index is 13.5. The predicted molar refractivity (Wildman–Crippen MR) is 85.6 cm³/mol. The summed E-state index contributed by atoms with van der Waals surface area (Å²) in [7, 11) is 0. The number of ether oxygens (including phenoxy) is 1. The number of carbonyl (C=O) groups excluding carboxylic acids is 1. The molecule has 5 nitrogen and oxygen atoms in total. The number of carbonyl (C=O) groups is 1. The van der Waals surface area contributed by atoms with Crippen molar-refractivity contribution in [3.63, 3.8) is 0 Å². The van der Waals surface area contributed by atoms with E-state index >= 15 is 0 Å². The molecule has 1 aromatic carbocycles. The molecule has 1 heterocycles. The van der Waals surface area contributed by atoms with E-state index in [1.807, 2.05) is 20.8 Å². The number of halogens is 2. The average molecular weight is 330 g/mol. The summed E-state index contributed by atoms with van der Waals surface area (Å²) in [5, 5.41) is 3.37. The van der Waals surface area contributed by atoms with Crippen LogP contribution < -0.4 is 11.1 Å². The maximum Gasteiger partial charge on any atom is 0.410 e. The van der Waals surface area contributed by atoms with E-state index in [-0.39, 0.29) is 22.7 Å². The topological polar surface area (TPSA) is 67.6 Å². The number of benzene rings is 1. The van der Waals surface area contributed by atoms with Gasteiger partial charge >= 0.3 is 6.09 Å². The third kappa shape index (κ3) is 4.16. The highest BCUT2D eigenvalue weighted by Crippen LogP contribution is 2.27. The molecule has 2 rings (SSSR count). The van der Waals surface area contributed by atoms with Crippen molar-refractivity contribution >= 4 is 29.1 Å². The summed E-state index contributed by atoms with van der Waals surface area (Å²) >= 11 is 5.81. The number of nitrogens with zero attached hydrogens (tertiary/aromatic N) is 1. The first-order valence-electron chi connectivity index (χ1n) is 7.12. The molecule has 0 saturated carbocycles. The van der Waals surface area contributed by atoms with Crippen molar-refractivity contribution in [2.75, 3.05) is 30.7 Å². The third-order valence-electron chi connectivity index (χ3n) is 3.28. The minimum absolute atomic E-state index is 0.0488. The molecule has 1 fully saturated rings.